The molecule has 0 aromatic heterocycles. The van der Waals surface area contributed by atoms with E-state index in [9.17, 15) is 12.9 Å². The van der Waals surface area contributed by atoms with E-state index in [4.69, 9.17) is 0 Å². The van der Waals surface area contributed by atoms with Gasteiger partial charge in [0, 0.05) is 0 Å². The summed E-state index contributed by atoms with van der Waals surface area (Å²) in [5.41, 5.74) is 1.46. The summed E-state index contributed by atoms with van der Waals surface area (Å²) in [5.74, 6) is 0. The van der Waals surface area contributed by atoms with Crippen molar-refractivity contribution in [2.45, 2.75) is 6.42 Å². The third kappa shape index (κ3) is 7.82. The summed E-state index contributed by atoms with van der Waals surface area (Å²) >= 11 is 0.798. The van der Waals surface area contributed by atoms with Gasteiger partial charge in [-0.1, -0.05) is 0 Å². The number of halogens is 3. The molecule has 1 aromatic carbocycles. The summed E-state index contributed by atoms with van der Waals surface area (Å²) in [5, 5.41) is 0. The largest absolute Gasteiger partial charge is 0.762 e. The van der Waals surface area contributed by atoms with Crippen molar-refractivity contribution < 1.29 is 12.9 Å². The second kappa shape index (κ2) is 8.74. The van der Waals surface area contributed by atoms with Crippen LogP contribution in [0.5, 0.6) is 0 Å². The molecule has 0 heterocycles. The molecule has 1 rings (SSSR count). The molecule has 0 spiro atoms. The van der Waals surface area contributed by atoms with Gasteiger partial charge in [-0.3, -0.25) is 12.9 Å². The maximum atomic E-state index is 9.67. The summed E-state index contributed by atoms with van der Waals surface area (Å²) in [7, 11) is -3.67. The van der Waals surface area contributed by atoms with E-state index in [0.29, 0.717) is 0 Å². The van der Waals surface area contributed by atoms with Crippen LogP contribution in [0.2, 0.25) is 0 Å². The zero-order chi connectivity index (χ0) is 11.0. The van der Waals surface area contributed by atoms with Crippen LogP contribution < -0.4 is -0.342 Å². The summed E-state index contributed by atoms with van der Waals surface area (Å²) in [6.07, 6.45) is 2.99. The maximum Gasteiger partial charge on any atom is 0.762 e. The molecule has 70 valence electrons. The Labute approximate surface area is 116 Å². The van der Waals surface area contributed by atoms with E-state index >= 15 is 0 Å². The predicted molar refractivity (Wildman–Crippen MR) is 54.8 cm³/mol. The van der Waals surface area contributed by atoms with E-state index in [1.807, 2.05) is 6.08 Å². The second-order valence-corrected chi connectivity index (χ2v) is 4.35. The summed E-state index contributed by atoms with van der Waals surface area (Å²) in [6.45, 7) is 3.72. The third-order valence-corrected chi connectivity index (χ3v) is 3.15. The fraction of sp³-hybridized carbons (Fsp3) is 0.111. The molecule has 0 atom stereocenters. The molecule has 0 aliphatic rings. The molecule has 0 amide bonds. The van der Waals surface area contributed by atoms with Gasteiger partial charge in [-0.25, -0.2) is 0 Å². The minimum atomic E-state index is -3.67. The molecule has 0 radical (unpaired) electrons. The van der Waals surface area contributed by atoms with Gasteiger partial charge in [-0.2, -0.15) is 0 Å². The van der Waals surface area contributed by atoms with Crippen molar-refractivity contribution in [2.75, 3.05) is 0 Å². The maximum absolute atomic E-state index is 9.67. The van der Waals surface area contributed by atoms with Crippen molar-refractivity contribution >= 4 is 56.2 Å². The minimum absolute atomic E-state index is 0.798. The molecule has 0 nitrogen and oxygen atoms in total. The Morgan fingerprint density at radius 1 is 1.29 bits per heavy atom. The van der Waals surface area contributed by atoms with Crippen LogP contribution in [-0.2, 0) is 6.42 Å². The van der Waals surface area contributed by atoms with Gasteiger partial charge in [0.15, 0.2) is 0 Å². The van der Waals surface area contributed by atoms with E-state index in [-0.39, 0.29) is 0 Å². The Hall–Kier alpha value is 0.451. The molecule has 0 N–H and O–H groups in total. The topological polar surface area (TPSA) is 0 Å². The Bertz CT molecular complexity index is 276. The fourth-order valence-electron chi connectivity index (χ4n) is 0.995. The van der Waals surface area contributed by atoms with Crippen LogP contribution in [0.25, 0.3) is 0 Å². The molecule has 0 aliphatic heterocycles. The summed E-state index contributed by atoms with van der Waals surface area (Å²) in [4.78, 5) is 0. The molecule has 1 aromatic rings. The first kappa shape index (κ1) is 14.5. The predicted octanol–water partition coefficient (Wildman–Crippen LogP) is 2.09. The van der Waals surface area contributed by atoms with Crippen molar-refractivity contribution in [1.29, 1.82) is 0 Å². The molecule has 0 unspecified atom stereocenters. The van der Waals surface area contributed by atoms with E-state index in [1.165, 1.54) is 5.22 Å². The molecular formula is C9H9BF3K. The van der Waals surface area contributed by atoms with Crippen LogP contribution in [0, 0.1) is 0 Å². The van der Waals surface area contributed by atoms with Crippen LogP contribution >= 0.6 is 0 Å². The first-order valence-electron chi connectivity index (χ1n) is 4.15. The van der Waals surface area contributed by atoms with Crippen LogP contribution in [0.3, 0.4) is 0 Å². The van der Waals surface area contributed by atoms with Crippen molar-refractivity contribution in [3.63, 3.8) is 0 Å². The van der Waals surface area contributed by atoms with Crippen molar-refractivity contribution in [2.24, 2.45) is 0 Å². The number of hydrogen-bond acceptors (Lipinski definition) is 0. The summed E-state index contributed by atoms with van der Waals surface area (Å²) in [6, 6.07) is 8.59. The normalized spacial score (nSPS) is 8.64. The molecule has 0 bridgehead atoms. The van der Waals surface area contributed by atoms with Gasteiger partial charge in [0.25, 0.3) is 0 Å². The minimum Gasteiger partial charge on any atom is -0.254 e. The average molecular weight is 224 g/mol. The van der Waals surface area contributed by atoms with Gasteiger partial charge < -0.3 is 0 Å². The smallest absolute Gasteiger partial charge is 0.254 e. The number of hydrogen-bond donors (Lipinski definition) is 0. The van der Waals surface area contributed by atoms with Crippen LogP contribution in [0.1, 0.15) is 5.56 Å². The first-order chi connectivity index (χ1) is 6.57. The summed E-state index contributed by atoms with van der Waals surface area (Å²) < 4.78 is 30.5. The average Bonchev–Trinajstić information content (AvgIpc) is 2.08. The molecule has 0 aliphatic carbocycles. The molecule has 0 fully saturated rings. The van der Waals surface area contributed by atoms with Crippen molar-refractivity contribution in [3.05, 3.63) is 42.5 Å². The van der Waals surface area contributed by atoms with Crippen molar-refractivity contribution in [3.8, 4) is 0 Å². The van der Waals surface area contributed by atoms with Gasteiger partial charge in [0.05, 0.1) is 0 Å². The van der Waals surface area contributed by atoms with Crippen LogP contribution in [0.15, 0.2) is 36.9 Å². The third-order valence-electron chi connectivity index (χ3n) is 1.63. The fourth-order valence-corrected chi connectivity index (χ4v) is 1.87. The molecule has 5 heteroatoms. The number of rotatable bonds is 2. The Kier molecular flexibility index (Phi) is 9.02. The molecule has 0 saturated heterocycles. The molecular weight excluding hydrogens is 215 g/mol. The zero-order valence-electron chi connectivity index (χ0n) is 8.01. The van der Waals surface area contributed by atoms with Crippen LogP contribution in [0.4, 0.5) is 12.9 Å². The van der Waals surface area contributed by atoms with Gasteiger partial charge in [0.1, 0.15) is 0 Å². The van der Waals surface area contributed by atoms with Gasteiger partial charge >= 0.3 is 105 Å². The first-order valence-corrected chi connectivity index (χ1v) is 5.71. The Morgan fingerprint density at radius 2 is 1.79 bits per heavy atom. The van der Waals surface area contributed by atoms with E-state index < -0.39 is 7.54 Å². The second-order valence-electron chi connectivity index (χ2n) is 2.67. The SMILES string of the molecule is C=CCc1cccc[c]1[K].FB(F)F. The zero-order valence-corrected chi connectivity index (χ0v) is 11.1. The van der Waals surface area contributed by atoms with E-state index in [0.717, 1.165) is 55.4 Å². The monoisotopic (exact) mass is 224 g/mol. The van der Waals surface area contributed by atoms with Gasteiger partial charge in [0.2, 0.25) is 0 Å². The molecule has 14 heavy (non-hydrogen) atoms. The van der Waals surface area contributed by atoms with E-state index in [1.54, 1.807) is 0 Å². The van der Waals surface area contributed by atoms with Gasteiger partial charge in [-0.05, 0) is 0 Å². The number of allylic oxidation sites excluding steroid dienone is 1. The standard InChI is InChI=1S/C9H9.BF3.K/c1-2-6-9-7-4-3-5-8-9;2-1(3)4;/h2-5,7H,1,6H2;;. The number of benzene rings is 1. The van der Waals surface area contributed by atoms with Crippen LogP contribution in [-0.4, -0.2) is 56.5 Å². The van der Waals surface area contributed by atoms with E-state index in [2.05, 4.69) is 30.8 Å². The van der Waals surface area contributed by atoms with Gasteiger partial charge in [-0.15, -0.1) is 0 Å². The molecule has 0 saturated carbocycles. The quantitative estimate of drug-likeness (QED) is 0.533. The van der Waals surface area contributed by atoms with Crippen molar-refractivity contribution in [1.82, 2.24) is 0 Å². The Balaban J connectivity index is 0.000000364. The Morgan fingerprint density at radius 3 is 2.21 bits per heavy atom.